The summed E-state index contributed by atoms with van der Waals surface area (Å²) in [6.45, 7) is 2.84. The van der Waals surface area contributed by atoms with Gasteiger partial charge in [0.25, 0.3) is 0 Å². The van der Waals surface area contributed by atoms with Crippen LogP contribution in [0.5, 0.6) is 0 Å². The highest BCUT2D eigenvalue weighted by atomic mass is 19.4. The summed E-state index contributed by atoms with van der Waals surface area (Å²) >= 11 is 0. The summed E-state index contributed by atoms with van der Waals surface area (Å²) in [6.07, 6.45) is -7.12. The first-order valence-electron chi connectivity index (χ1n) is 13.1. The monoisotopic (exact) mass is 588 g/mol. The van der Waals surface area contributed by atoms with E-state index in [-0.39, 0.29) is 11.1 Å². The van der Waals surface area contributed by atoms with Crippen LogP contribution in [0.1, 0.15) is 27.0 Å². The maximum absolute atomic E-state index is 13.2. The van der Waals surface area contributed by atoms with E-state index in [2.05, 4.69) is 15.2 Å². The molecule has 6 nitrogen and oxygen atoms in total. The molecule has 0 amide bonds. The number of hydrogen-bond donors (Lipinski definition) is 2. The number of fused-ring (bicyclic) bond motifs is 1. The molecule has 0 bridgehead atoms. The molecule has 220 valence electrons. The first-order valence-corrected chi connectivity index (χ1v) is 13.1. The van der Waals surface area contributed by atoms with Gasteiger partial charge in [0.1, 0.15) is 0 Å². The van der Waals surface area contributed by atoms with Crippen LogP contribution in [0, 0.1) is 0 Å². The fourth-order valence-electron chi connectivity index (χ4n) is 5.09. The van der Waals surface area contributed by atoms with Crippen molar-refractivity contribution in [2.75, 3.05) is 42.9 Å². The largest absolute Gasteiger partial charge is 0.478 e. The molecule has 0 unspecified atom stereocenters. The fraction of sp³-hybridized carbons (Fsp3) is 0.267. The molecule has 5 rings (SSSR count). The van der Waals surface area contributed by atoms with Crippen molar-refractivity contribution < 1.29 is 36.2 Å². The normalized spacial score (nSPS) is 14.8. The standard InChI is InChI=1S/C30H26F6N4O2/c31-29(32,33)20-4-2-5-22(17-20)40-15-13-39(14-16-40)12-10-19-3-1-6-24(28(41)42)27(19)38-25-9-11-37-26-18-21(30(34,35)36)7-8-23(25)26/h1-9,11,17-18H,10,12-16H2,(H,37,38)(H,41,42). The molecule has 12 heteroatoms. The Bertz CT molecular complexity index is 1600. The van der Waals surface area contributed by atoms with Gasteiger partial charge in [0.2, 0.25) is 0 Å². The number of nitrogens with one attached hydrogen (secondary N) is 1. The Morgan fingerprint density at radius 2 is 1.55 bits per heavy atom. The van der Waals surface area contributed by atoms with E-state index >= 15 is 0 Å². The van der Waals surface area contributed by atoms with Crippen molar-refractivity contribution >= 4 is 33.9 Å². The van der Waals surface area contributed by atoms with Gasteiger partial charge >= 0.3 is 18.3 Å². The van der Waals surface area contributed by atoms with E-state index in [4.69, 9.17) is 0 Å². The maximum Gasteiger partial charge on any atom is 0.416 e. The molecule has 0 radical (unpaired) electrons. The third kappa shape index (κ3) is 6.43. The maximum atomic E-state index is 13.2. The van der Waals surface area contributed by atoms with Crippen LogP contribution in [0.2, 0.25) is 0 Å². The number of halogens is 6. The van der Waals surface area contributed by atoms with E-state index < -0.39 is 29.4 Å². The van der Waals surface area contributed by atoms with Crippen molar-refractivity contribution in [3.05, 3.63) is 95.2 Å². The van der Waals surface area contributed by atoms with E-state index in [1.54, 1.807) is 24.3 Å². The molecule has 4 aromatic rings. The van der Waals surface area contributed by atoms with Crippen LogP contribution in [-0.2, 0) is 18.8 Å². The molecule has 1 aliphatic rings. The second-order valence-corrected chi connectivity index (χ2v) is 9.98. The fourth-order valence-corrected chi connectivity index (χ4v) is 5.09. The Morgan fingerprint density at radius 3 is 2.24 bits per heavy atom. The third-order valence-electron chi connectivity index (χ3n) is 7.32. The second-order valence-electron chi connectivity index (χ2n) is 9.98. The molecular weight excluding hydrogens is 562 g/mol. The summed E-state index contributed by atoms with van der Waals surface area (Å²) in [5.41, 5.74) is 0.562. The molecule has 1 saturated heterocycles. The van der Waals surface area contributed by atoms with Crippen LogP contribution in [0.3, 0.4) is 0 Å². The van der Waals surface area contributed by atoms with Gasteiger partial charge in [0.15, 0.2) is 0 Å². The zero-order valence-electron chi connectivity index (χ0n) is 22.1. The van der Waals surface area contributed by atoms with E-state index in [9.17, 15) is 36.2 Å². The number of nitrogens with zero attached hydrogens (tertiary/aromatic N) is 3. The third-order valence-corrected chi connectivity index (χ3v) is 7.32. The van der Waals surface area contributed by atoms with Crippen molar-refractivity contribution in [1.29, 1.82) is 0 Å². The summed E-state index contributed by atoms with van der Waals surface area (Å²) in [6, 6.07) is 14.9. The first kappa shape index (κ1) is 29.2. The van der Waals surface area contributed by atoms with E-state index in [0.717, 1.165) is 24.3 Å². The smallest absolute Gasteiger partial charge is 0.416 e. The Kier molecular flexibility index (Phi) is 8.00. The number of alkyl halides is 6. The van der Waals surface area contributed by atoms with E-state index in [0.29, 0.717) is 67.2 Å². The second kappa shape index (κ2) is 11.5. The van der Waals surface area contributed by atoms with Crippen molar-refractivity contribution in [3.63, 3.8) is 0 Å². The summed E-state index contributed by atoms with van der Waals surface area (Å²) in [5, 5.41) is 13.4. The average molecular weight is 589 g/mol. The number of pyridine rings is 1. The SMILES string of the molecule is O=C(O)c1cccc(CCN2CCN(c3cccc(C(F)(F)F)c3)CC2)c1Nc1ccnc2cc(C(F)(F)F)ccc12. The number of rotatable bonds is 7. The first-order chi connectivity index (χ1) is 19.9. The Hall–Kier alpha value is -4.32. The minimum absolute atomic E-state index is 0.0127. The van der Waals surface area contributed by atoms with E-state index in [1.807, 2.05) is 4.90 Å². The lowest BCUT2D eigenvalue weighted by molar-refractivity contribution is -0.138. The Labute approximate surface area is 237 Å². The number of aromatic carboxylic acids is 1. The van der Waals surface area contributed by atoms with Gasteiger partial charge in [-0.1, -0.05) is 24.3 Å². The minimum Gasteiger partial charge on any atom is -0.478 e. The Morgan fingerprint density at radius 1 is 0.857 bits per heavy atom. The van der Waals surface area contributed by atoms with Crippen molar-refractivity contribution in [1.82, 2.24) is 9.88 Å². The number of benzene rings is 3. The number of piperazine rings is 1. The quantitative estimate of drug-likeness (QED) is 0.225. The number of carboxylic acid groups (broad SMARTS) is 1. The van der Waals surface area contributed by atoms with Crippen molar-refractivity contribution in [2.24, 2.45) is 0 Å². The summed E-state index contributed by atoms with van der Waals surface area (Å²) in [4.78, 5) is 20.2. The number of hydrogen-bond acceptors (Lipinski definition) is 5. The molecule has 0 spiro atoms. The zero-order chi connectivity index (χ0) is 30.1. The summed E-state index contributed by atoms with van der Waals surface area (Å²) in [7, 11) is 0. The average Bonchev–Trinajstić information content (AvgIpc) is 2.95. The molecule has 0 saturated carbocycles. The van der Waals surface area contributed by atoms with Gasteiger partial charge in [-0.2, -0.15) is 26.3 Å². The zero-order valence-corrected chi connectivity index (χ0v) is 22.1. The van der Waals surface area contributed by atoms with Gasteiger partial charge in [0.05, 0.1) is 27.9 Å². The summed E-state index contributed by atoms with van der Waals surface area (Å²) < 4.78 is 79.0. The van der Waals surface area contributed by atoms with Gasteiger partial charge in [0, 0.05) is 55.7 Å². The lowest BCUT2D eigenvalue weighted by Crippen LogP contribution is -2.47. The van der Waals surface area contributed by atoms with Gasteiger partial charge in [-0.3, -0.25) is 9.88 Å². The lowest BCUT2D eigenvalue weighted by atomic mass is 10.0. The topological polar surface area (TPSA) is 68.7 Å². The molecule has 0 aliphatic carbocycles. The molecular formula is C30H26F6N4O2. The minimum atomic E-state index is -4.53. The molecule has 42 heavy (non-hydrogen) atoms. The molecule has 2 N–H and O–H groups in total. The van der Waals surface area contributed by atoms with Gasteiger partial charge in [-0.25, -0.2) is 4.79 Å². The van der Waals surface area contributed by atoms with Crippen LogP contribution in [0.4, 0.5) is 43.4 Å². The highest BCUT2D eigenvalue weighted by Crippen LogP contribution is 2.35. The van der Waals surface area contributed by atoms with Crippen molar-refractivity contribution in [3.8, 4) is 0 Å². The Balaban J connectivity index is 1.31. The molecule has 0 atom stereocenters. The van der Waals surface area contributed by atoms with Crippen LogP contribution in [-0.4, -0.2) is 53.7 Å². The summed E-state index contributed by atoms with van der Waals surface area (Å²) in [5.74, 6) is -1.16. The van der Waals surface area contributed by atoms with Crippen LogP contribution >= 0.6 is 0 Å². The number of anilines is 3. The predicted molar refractivity (Wildman–Crippen MR) is 147 cm³/mol. The predicted octanol–water partition coefficient (Wildman–Crippen LogP) is 7.08. The molecule has 2 heterocycles. The molecule has 1 fully saturated rings. The van der Waals surface area contributed by atoms with Crippen LogP contribution in [0.25, 0.3) is 10.9 Å². The van der Waals surface area contributed by atoms with Crippen molar-refractivity contribution in [2.45, 2.75) is 18.8 Å². The number of aromatic nitrogens is 1. The molecule has 1 aliphatic heterocycles. The van der Waals surface area contributed by atoms with Gasteiger partial charge < -0.3 is 15.3 Å². The van der Waals surface area contributed by atoms with Gasteiger partial charge in [-0.05, 0) is 54.4 Å². The lowest BCUT2D eigenvalue weighted by Gasteiger charge is -2.36. The number of carbonyl (C=O) groups is 1. The number of carboxylic acids is 1. The molecule has 1 aromatic heterocycles. The van der Waals surface area contributed by atoms with E-state index in [1.165, 1.54) is 24.4 Å². The molecule has 3 aromatic carbocycles. The highest BCUT2D eigenvalue weighted by molar-refractivity contribution is 5.99. The highest BCUT2D eigenvalue weighted by Gasteiger charge is 2.32. The van der Waals surface area contributed by atoms with Crippen LogP contribution < -0.4 is 10.2 Å². The number of para-hydroxylation sites is 1. The van der Waals surface area contributed by atoms with Gasteiger partial charge in [-0.15, -0.1) is 0 Å². The van der Waals surface area contributed by atoms with Crippen LogP contribution in [0.15, 0.2) is 72.9 Å².